The Labute approximate surface area is 117 Å². The van der Waals surface area contributed by atoms with Gasteiger partial charge in [-0.1, -0.05) is 6.92 Å². The highest BCUT2D eigenvalue weighted by atomic mass is 32.2. The first-order valence-corrected chi connectivity index (χ1v) is 8.86. The fraction of sp³-hybridized carbons (Fsp3) is 1.00. The van der Waals surface area contributed by atoms with Crippen molar-refractivity contribution in [2.75, 3.05) is 38.5 Å². The summed E-state index contributed by atoms with van der Waals surface area (Å²) in [5.41, 5.74) is 0. The average Bonchev–Trinajstić information content (AvgIpc) is 2.36. The largest absolute Gasteiger partial charge is 0.378 e. The van der Waals surface area contributed by atoms with Crippen LogP contribution in [-0.2, 0) is 14.8 Å². The smallest absolute Gasteiger partial charge is 0.216 e. The lowest BCUT2D eigenvalue weighted by molar-refractivity contribution is 0.0906. The third kappa shape index (κ3) is 6.21. The minimum absolute atomic E-state index is 0.0767. The van der Waals surface area contributed by atoms with Crippen molar-refractivity contribution in [2.24, 2.45) is 5.92 Å². The minimum Gasteiger partial charge on any atom is -0.378 e. The van der Waals surface area contributed by atoms with Gasteiger partial charge >= 0.3 is 0 Å². The number of nitrogens with one attached hydrogen (secondary N) is 1. The number of nitrogens with zero attached hydrogens (tertiary/aromatic N) is 1. The minimum atomic E-state index is -3.19. The Balaban J connectivity index is 2.46. The van der Waals surface area contributed by atoms with Gasteiger partial charge in [0.2, 0.25) is 10.0 Å². The van der Waals surface area contributed by atoms with Gasteiger partial charge in [0.05, 0.1) is 18.5 Å². The second-order valence-electron chi connectivity index (χ2n) is 5.40. The Hall–Kier alpha value is -0.170. The van der Waals surface area contributed by atoms with Crippen molar-refractivity contribution in [1.29, 1.82) is 0 Å². The molecule has 1 saturated heterocycles. The summed E-state index contributed by atoms with van der Waals surface area (Å²) < 4.78 is 31.4. The van der Waals surface area contributed by atoms with Crippen LogP contribution in [0.15, 0.2) is 0 Å². The first-order valence-electron chi connectivity index (χ1n) is 7.26. The summed E-state index contributed by atoms with van der Waals surface area (Å²) in [6.07, 6.45) is 2.33. The number of rotatable bonds is 8. The molecule has 114 valence electrons. The predicted molar refractivity (Wildman–Crippen MR) is 77.7 cm³/mol. The molecule has 1 unspecified atom stereocenters. The Morgan fingerprint density at radius 1 is 1.42 bits per heavy atom. The second-order valence-corrected chi connectivity index (χ2v) is 7.49. The van der Waals surface area contributed by atoms with Gasteiger partial charge in [-0.05, 0) is 45.7 Å². The van der Waals surface area contributed by atoms with E-state index in [0.717, 1.165) is 25.9 Å². The van der Waals surface area contributed by atoms with E-state index in [9.17, 15) is 8.42 Å². The lowest BCUT2D eigenvalue weighted by Crippen LogP contribution is -2.42. The highest BCUT2D eigenvalue weighted by molar-refractivity contribution is 7.89. The zero-order valence-corrected chi connectivity index (χ0v) is 13.2. The molecule has 1 atom stereocenters. The van der Waals surface area contributed by atoms with E-state index in [-0.39, 0.29) is 18.5 Å². The van der Waals surface area contributed by atoms with E-state index in [0.29, 0.717) is 19.0 Å². The highest BCUT2D eigenvalue weighted by Crippen LogP contribution is 2.14. The standard InChI is InChI=1S/C13H28N2O3S/c1-4-15(11-13-6-5-7-14-10-13)19(16,17)9-8-18-12(2)3/h12-14H,4-11H2,1-3H3. The fourth-order valence-electron chi connectivity index (χ4n) is 2.33. The molecule has 1 aliphatic rings. The number of sulfonamides is 1. The highest BCUT2D eigenvalue weighted by Gasteiger charge is 2.24. The number of piperidine rings is 1. The van der Waals surface area contributed by atoms with E-state index >= 15 is 0 Å². The number of hydrogen-bond donors (Lipinski definition) is 1. The maximum atomic E-state index is 12.2. The first kappa shape index (κ1) is 16.9. The third-order valence-corrected chi connectivity index (χ3v) is 5.28. The fourth-order valence-corrected chi connectivity index (χ4v) is 3.72. The predicted octanol–water partition coefficient (Wildman–Crippen LogP) is 1.06. The van der Waals surface area contributed by atoms with Gasteiger partial charge in [0.25, 0.3) is 0 Å². The normalized spacial score (nSPS) is 21.2. The van der Waals surface area contributed by atoms with Crippen LogP contribution in [0.5, 0.6) is 0 Å². The molecule has 19 heavy (non-hydrogen) atoms. The molecule has 1 heterocycles. The lowest BCUT2D eigenvalue weighted by atomic mass is 10.00. The van der Waals surface area contributed by atoms with Gasteiger partial charge in [-0.2, -0.15) is 0 Å². The van der Waals surface area contributed by atoms with Crippen molar-refractivity contribution in [3.8, 4) is 0 Å². The summed E-state index contributed by atoms with van der Waals surface area (Å²) in [5.74, 6) is 0.522. The first-order chi connectivity index (χ1) is 8.95. The monoisotopic (exact) mass is 292 g/mol. The molecule has 0 aromatic heterocycles. The SMILES string of the molecule is CCN(CC1CCCNC1)S(=O)(=O)CCOC(C)C. The molecule has 5 nitrogen and oxygen atoms in total. The van der Waals surface area contributed by atoms with Crippen molar-refractivity contribution in [1.82, 2.24) is 9.62 Å². The molecule has 0 bridgehead atoms. The molecule has 0 aliphatic carbocycles. The van der Waals surface area contributed by atoms with Gasteiger partial charge in [-0.15, -0.1) is 0 Å². The Morgan fingerprint density at radius 3 is 2.68 bits per heavy atom. The second kappa shape index (κ2) is 8.19. The van der Waals surface area contributed by atoms with E-state index in [2.05, 4.69) is 5.32 Å². The lowest BCUT2D eigenvalue weighted by Gasteiger charge is -2.29. The molecule has 0 aromatic carbocycles. The molecule has 0 radical (unpaired) electrons. The molecule has 0 saturated carbocycles. The molecule has 1 N–H and O–H groups in total. The topological polar surface area (TPSA) is 58.6 Å². The van der Waals surface area contributed by atoms with Gasteiger partial charge in [0.15, 0.2) is 0 Å². The quantitative estimate of drug-likeness (QED) is 0.727. The summed E-state index contributed by atoms with van der Waals surface area (Å²) >= 11 is 0. The Morgan fingerprint density at radius 2 is 2.16 bits per heavy atom. The van der Waals surface area contributed by atoms with Gasteiger partial charge in [0.1, 0.15) is 0 Å². The van der Waals surface area contributed by atoms with Crippen molar-refractivity contribution >= 4 is 10.0 Å². The molecular weight excluding hydrogens is 264 g/mol. The summed E-state index contributed by atoms with van der Waals surface area (Å²) in [6.45, 7) is 9.16. The van der Waals surface area contributed by atoms with Crippen LogP contribution in [0, 0.1) is 5.92 Å². The van der Waals surface area contributed by atoms with Gasteiger partial charge in [-0.3, -0.25) is 0 Å². The van der Waals surface area contributed by atoms with Crippen LogP contribution in [0.2, 0.25) is 0 Å². The molecule has 0 aromatic rings. The van der Waals surface area contributed by atoms with Crippen molar-refractivity contribution in [3.63, 3.8) is 0 Å². The van der Waals surface area contributed by atoms with E-state index in [4.69, 9.17) is 4.74 Å². The van der Waals surface area contributed by atoms with Crippen molar-refractivity contribution in [2.45, 2.75) is 39.7 Å². The summed E-state index contributed by atoms with van der Waals surface area (Å²) in [6, 6.07) is 0. The van der Waals surface area contributed by atoms with Crippen LogP contribution in [0.25, 0.3) is 0 Å². The third-order valence-electron chi connectivity index (χ3n) is 3.40. The summed E-state index contributed by atoms with van der Waals surface area (Å²) in [4.78, 5) is 0. The van der Waals surface area contributed by atoms with E-state index in [1.165, 1.54) is 0 Å². The van der Waals surface area contributed by atoms with Crippen LogP contribution in [0.1, 0.15) is 33.6 Å². The zero-order valence-electron chi connectivity index (χ0n) is 12.4. The number of ether oxygens (including phenoxy) is 1. The Kier molecular flexibility index (Phi) is 7.28. The van der Waals surface area contributed by atoms with E-state index in [1.807, 2.05) is 20.8 Å². The molecule has 1 fully saturated rings. The average molecular weight is 292 g/mol. The van der Waals surface area contributed by atoms with E-state index in [1.54, 1.807) is 4.31 Å². The molecular formula is C13H28N2O3S. The van der Waals surface area contributed by atoms with Crippen molar-refractivity contribution < 1.29 is 13.2 Å². The molecule has 0 amide bonds. The van der Waals surface area contributed by atoms with Crippen molar-refractivity contribution in [3.05, 3.63) is 0 Å². The summed E-state index contributed by atoms with van der Waals surface area (Å²) in [7, 11) is -3.19. The van der Waals surface area contributed by atoms with Crippen LogP contribution >= 0.6 is 0 Å². The van der Waals surface area contributed by atoms with Crippen LogP contribution in [0.3, 0.4) is 0 Å². The van der Waals surface area contributed by atoms with Gasteiger partial charge in [-0.25, -0.2) is 12.7 Å². The van der Waals surface area contributed by atoms with Gasteiger partial charge in [0, 0.05) is 13.1 Å². The molecule has 0 spiro atoms. The van der Waals surface area contributed by atoms with Crippen LogP contribution in [-0.4, -0.2) is 57.4 Å². The van der Waals surface area contributed by atoms with E-state index < -0.39 is 10.0 Å². The molecule has 1 aliphatic heterocycles. The molecule has 6 heteroatoms. The summed E-state index contributed by atoms with van der Waals surface area (Å²) in [5, 5.41) is 3.33. The molecule has 1 rings (SSSR count). The van der Waals surface area contributed by atoms with Crippen LogP contribution in [0.4, 0.5) is 0 Å². The Bertz CT molecular complexity index is 338. The van der Waals surface area contributed by atoms with Gasteiger partial charge < -0.3 is 10.1 Å². The maximum Gasteiger partial charge on any atom is 0.216 e. The van der Waals surface area contributed by atoms with Crippen LogP contribution < -0.4 is 5.32 Å². The zero-order chi connectivity index (χ0) is 14.3. The number of hydrogen-bond acceptors (Lipinski definition) is 4. The maximum absolute atomic E-state index is 12.2.